The average molecular weight is 294 g/mol. The molecule has 0 saturated carbocycles. The van der Waals surface area contributed by atoms with Crippen LogP contribution in [0.3, 0.4) is 0 Å². The Bertz CT molecular complexity index is 546. The maximum atomic E-state index is 11.8. The zero-order valence-electron chi connectivity index (χ0n) is 11.7. The molecule has 0 unspecified atom stereocenters. The summed E-state index contributed by atoms with van der Waals surface area (Å²) in [5.74, 6) is -0.649. The Labute approximate surface area is 122 Å². The monoisotopic (exact) mass is 294 g/mol. The molecule has 1 fully saturated rings. The minimum atomic E-state index is -0.696. The van der Waals surface area contributed by atoms with Crippen LogP contribution in [0.4, 0.5) is 11.4 Å². The van der Waals surface area contributed by atoms with Crippen LogP contribution in [0.1, 0.15) is 32.6 Å². The van der Waals surface area contributed by atoms with Crippen LogP contribution in [0.25, 0.3) is 0 Å². The summed E-state index contributed by atoms with van der Waals surface area (Å²) < 4.78 is 5.63. The smallest absolute Gasteiger partial charge is 0.312 e. The predicted octanol–water partition coefficient (Wildman–Crippen LogP) is 2.59. The number of carbonyl (C=O) groups is 1. The summed E-state index contributed by atoms with van der Waals surface area (Å²) in [6, 6.07) is 3.76. The van der Waals surface area contributed by atoms with Crippen molar-refractivity contribution in [2.75, 3.05) is 5.32 Å². The molecule has 1 saturated heterocycles. The third kappa shape index (κ3) is 4.16. The molecule has 0 aromatic heterocycles. The molecule has 1 aromatic carbocycles. The number of nitrogens with one attached hydrogen (secondary N) is 1. The maximum absolute atomic E-state index is 11.8. The summed E-state index contributed by atoms with van der Waals surface area (Å²) in [5, 5.41) is 22.6. The number of hydrogen-bond donors (Lipinski definition) is 2. The second-order valence-electron chi connectivity index (χ2n) is 5.19. The second kappa shape index (κ2) is 6.53. The van der Waals surface area contributed by atoms with Crippen molar-refractivity contribution in [1.82, 2.24) is 0 Å². The van der Waals surface area contributed by atoms with Crippen LogP contribution in [-0.2, 0) is 9.53 Å². The number of phenols is 1. The van der Waals surface area contributed by atoms with Gasteiger partial charge in [-0.1, -0.05) is 0 Å². The van der Waals surface area contributed by atoms with Gasteiger partial charge in [0, 0.05) is 18.2 Å². The van der Waals surface area contributed by atoms with Crippen LogP contribution in [-0.4, -0.2) is 28.1 Å². The van der Waals surface area contributed by atoms with Gasteiger partial charge in [-0.05, 0) is 38.3 Å². The van der Waals surface area contributed by atoms with Gasteiger partial charge < -0.3 is 15.2 Å². The van der Waals surface area contributed by atoms with E-state index in [1.54, 1.807) is 0 Å². The standard InChI is InChI=1S/C14H18N2O5/c1-9-2-4-11(21-9)5-7-14(18)15-10-3-6-13(17)12(8-10)16(19)20/h3,6,8-9,11,17H,2,4-5,7H2,1H3,(H,15,18)/t9-,11-/m0/s1. The van der Waals surface area contributed by atoms with Crippen molar-refractivity contribution >= 4 is 17.3 Å². The number of amides is 1. The number of anilines is 1. The van der Waals surface area contributed by atoms with E-state index >= 15 is 0 Å². The van der Waals surface area contributed by atoms with Crippen molar-refractivity contribution < 1.29 is 19.6 Å². The highest BCUT2D eigenvalue weighted by Crippen LogP contribution is 2.29. The Morgan fingerprint density at radius 2 is 2.29 bits per heavy atom. The summed E-state index contributed by atoms with van der Waals surface area (Å²) in [4.78, 5) is 21.8. The lowest BCUT2D eigenvalue weighted by atomic mass is 10.1. The van der Waals surface area contributed by atoms with Crippen molar-refractivity contribution in [3.8, 4) is 5.75 Å². The number of nitro benzene ring substituents is 1. The molecule has 0 bridgehead atoms. The van der Waals surface area contributed by atoms with Gasteiger partial charge in [0.05, 0.1) is 17.1 Å². The number of rotatable bonds is 5. The highest BCUT2D eigenvalue weighted by molar-refractivity contribution is 5.91. The summed E-state index contributed by atoms with van der Waals surface area (Å²) in [6.45, 7) is 2.01. The van der Waals surface area contributed by atoms with E-state index in [-0.39, 0.29) is 18.1 Å². The van der Waals surface area contributed by atoms with E-state index < -0.39 is 16.4 Å². The summed E-state index contributed by atoms with van der Waals surface area (Å²) in [6.07, 6.45) is 3.26. The first-order valence-electron chi connectivity index (χ1n) is 6.88. The average Bonchev–Trinajstić information content (AvgIpc) is 2.84. The van der Waals surface area contributed by atoms with E-state index in [2.05, 4.69) is 5.32 Å². The van der Waals surface area contributed by atoms with Gasteiger partial charge in [0.1, 0.15) is 0 Å². The first-order chi connectivity index (χ1) is 9.95. The summed E-state index contributed by atoms with van der Waals surface area (Å²) in [7, 11) is 0. The van der Waals surface area contributed by atoms with Gasteiger partial charge in [0.2, 0.25) is 5.91 Å². The second-order valence-corrected chi connectivity index (χ2v) is 5.19. The van der Waals surface area contributed by atoms with Crippen LogP contribution in [0.5, 0.6) is 5.75 Å². The zero-order chi connectivity index (χ0) is 15.4. The van der Waals surface area contributed by atoms with E-state index in [1.165, 1.54) is 12.1 Å². The molecular weight excluding hydrogens is 276 g/mol. The quantitative estimate of drug-likeness (QED) is 0.493. The number of nitrogens with zero attached hydrogens (tertiary/aromatic N) is 1. The summed E-state index contributed by atoms with van der Waals surface area (Å²) in [5.41, 5.74) is -0.133. The Balaban J connectivity index is 1.87. The van der Waals surface area contributed by atoms with E-state index in [4.69, 9.17) is 4.74 Å². The van der Waals surface area contributed by atoms with E-state index in [9.17, 15) is 20.0 Å². The molecule has 7 nitrogen and oxygen atoms in total. The molecular formula is C14H18N2O5. The minimum Gasteiger partial charge on any atom is -0.502 e. The molecule has 0 aliphatic carbocycles. The molecule has 1 amide bonds. The fourth-order valence-electron chi connectivity index (χ4n) is 2.36. The fourth-order valence-corrected chi connectivity index (χ4v) is 2.36. The van der Waals surface area contributed by atoms with Crippen LogP contribution >= 0.6 is 0 Å². The van der Waals surface area contributed by atoms with Gasteiger partial charge in [-0.3, -0.25) is 14.9 Å². The molecule has 0 radical (unpaired) electrons. The van der Waals surface area contributed by atoms with Gasteiger partial charge in [0.25, 0.3) is 0 Å². The van der Waals surface area contributed by atoms with Gasteiger partial charge in [-0.15, -0.1) is 0 Å². The first-order valence-corrected chi connectivity index (χ1v) is 6.88. The fraction of sp³-hybridized carbons (Fsp3) is 0.500. The number of ether oxygens (including phenoxy) is 1. The highest BCUT2D eigenvalue weighted by Gasteiger charge is 2.22. The van der Waals surface area contributed by atoms with E-state index in [1.807, 2.05) is 6.92 Å². The first kappa shape index (κ1) is 15.2. The third-order valence-electron chi connectivity index (χ3n) is 3.47. The molecule has 2 rings (SSSR count). The minimum absolute atomic E-state index is 0.111. The normalized spacial score (nSPS) is 21.2. The van der Waals surface area contributed by atoms with Gasteiger partial charge in [-0.25, -0.2) is 0 Å². The number of aromatic hydroxyl groups is 1. The maximum Gasteiger partial charge on any atom is 0.312 e. The highest BCUT2D eigenvalue weighted by atomic mass is 16.6. The lowest BCUT2D eigenvalue weighted by molar-refractivity contribution is -0.385. The molecule has 114 valence electrons. The van der Waals surface area contributed by atoms with Crippen molar-refractivity contribution in [1.29, 1.82) is 0 Å². The lowest BCUT2D eigenvalue weighted by Crippen LogP contribution is -2.16. The molecule has 1 aliphatic heterocycles. The lowest BCUT2D eigenvalue weighted by Gasteiger charge is -2.11. The number of phenolic OH excluding ortho intramolecular Hbond substituents is 1. The number of carbonyl (C=O) groups excluding carboxylic acids is 1. The van der Waals surface area contributed by atoms with Crippen LogP contribution < -0.4 is 5.32 Å². The zero-order valence-corrected chi connectivity index (χ0v) is 11.7. The molecule has 21 heavy (non-hydrogen) atoms. The van der Waals surface area contributed by atoms with Gasteiger partial charge in [-0.2, -0.15) is 0 Å². The molecule has 2 atom stereocenters. The van der Waals surface area contributed by atoms with E-state index in [0.717, 1.165) is 18.9 Å². The third-order valence-corrected chi connectivity index (χ3v) is 3.47. The molecule has 1 aliphatic rings. The number of nitro groups is 1. The van der Waals surface area contributed by atoms with Gasteiger partial charge in [0.15, 0.2) is 5.75 Å². The Morgan fingerprint density at radius 1 is 1.52 bits per heavy atom. The molecule has 7 heteroatoms. The molecule has 1 aromatic rings. The molecule has 1 heterocycles. The van der Waals surface area contributed by atoms with Crippen LogP contribution in [0, 0.1) is 10.1 Å². The largest absolute Gasteiger partial charge is 0.502 e. The van der Waals surface area contributed by atoms with E-state index in [0.29, 0.717) is 18.5 Å². The van der Waals surface area contributed by atoms with Crippen LogP contribution in [0.15, 0.2) is 18.2 Å². The topological polar surface area (TPSA) is 102 Å². The molecule has 0 spiro atoms. The Kier molecular flexibility index (Phi) is 4.74. The Morgan fingerprint density at radius 3 is 2.90 bits per heavy atom. The Hall–Kier alpha value is -2.15. The van der Waals surface area contributed by atoms with Crippen molar-refractivity contribution in [3.63, 3.8) is 0 Å². The van der Waals surface area contributed by atoms with Gasteiger partial charge >= 0.3 is 5.69 Å². The predicted molar refractivity (Wildman–Crippen MR) is 76.2 cm³/mol. The van der Waals surface area contributed by atoms with Crippen molar-refractivity contribution in [2.45, 2.75) is 44.8 Å². The molecule has 2 N–H and O–H groups in total. The number of hydrogen-bond acceptors (Lipinski definition) is 5. The SMILES string of the molecule is C[C@H]1CC[C@@H](CCC(=O)Nc2ccc(O)c([N+](=O)[O-])c2)O1. The van der Waals surface area contributed by atoms with Crippen molar-refractivity contribution in [3.05, 3.63) is 28.3 Å². The van der Waals surface area contributed by atoms with Crippen molar-refractivity contribution in [2.24, 2.45) is 0 Å². The van der Waals surface area contributed by atoms with Crippen LogP contribution in [0.2, 0.25) is 0 Å². The number of benzene rings is 1. The summed E-state index contributed by atoms with van der Waals surface area (Å²) >= 11 is 0.